The van der Waals surface area contributed by atoms with Crippen LogP contribution in [0.1, 0.15) is 16.7 Å². The zero-order chi connectivity index (χ0) is 23.4. The monoisotopic (exact) mass is 440 g/mol. The topological polar surface area (TPSA) is 61.8 Å². The van der Waals surface area contributed by atoms with E-state index >= 15 is 0 Å². The molecule has 0 fully saturated rings. The average Bonchev–Trinajstić information content (AvgIpc) is 3.21. The lowest BCUT2D eigenvalue weighted by Crippen LogP contribution is -2.31. The molecule has 5 nitrogen and oxygen atoms in total. The minimum absolute atomic E-state index is 0.125. The van der Waals surface area contributed by atoms with Crippen molar-refractivity contribution in [1.29, 1.82) is 0 Å². The molecule has 1 aliphatic rings. The van der Waals surface area contributed by atoms with Crippen molar-refractivity contribution in [2.24, 2.45) is 0 Å². The largest absolute Gasteiger partial charge is 0.465 e. The van der Waals surface area contributed by atoms with Crippen LogP contribution in [0.2, 0.25) is 0 Å². The summed E-state index contributed by atoms with van der Waals surface area (Å²) in [4.78, 5) is 26.5. The molecule has 0 aromatic heterocycles. The Balaban J connectivity index is 2.24. The van der Waals surface area contributed by atoms with Crippen LogP contribution in [0, 0.1) is 0 Å². The van der Waals surface area contributed by atoms with Gasteiger partial charge >= 0.3 is 11.9 Å². The van der Waals surface area contributed by atoms with Crippen LogP contribution >= 0.6 is 0 Å². The first-order valence-corrected chi connectivity index (χ1v) is 10.5. The minimum atomic E-state index is -1.27. The van der Waals surface area contributed by atoms with E-state index in [1.807, 2.05) is 91.0 Å². The van der Waals surface area contributed by atoms with Gasteiger partial charge in [-0.1, -0.05) is 91.0 Å². The zero-order valence-corrected chi connectivity index (χ0v) is 18.7. The standard InChI is InChI=1S/C28H24O5/c1-31-26(29)22-23(27(30)32-2)25(20-15-9-5-10-16-20)28(33-3,21-17-11-6-12-18-21)24(22)19-13-7-4-8-14-19/h4-18H,1-3H3. The Bertz CT molecular complexity index is 1150. The number of hydrogen-bond acceptors (Lipinski definition) is 5. The molecular weight excluding hydrogens is 416 g/mol. The van der Waals surface area contributed by atoms with E-state index in [1.165, 1.54) is 14.2 Å². The molecule has 5 heteroatoms. The van der Waals surface area contributed by atoms with Crippen LogP contribution in [0.3, 0.4) is 0 Å². The van der Waals surface area contributed by atoms with Crippen LogP contribution in [0.4, 0.5) is 0 Å². The maximum atomic E-state index is 13.3. The van der Waals surface area contributed by atoms with E-state index in [9.17, 15) is 9.59 Å². The second-order valence-corrected chi connectivity index (χ2v) is 7.47. The van der Waals surface area contributed by atoms with E-state index in [2.05, 4.69) is 0 Å². The molecule has 0 heterocycles. The number of carbonyl (C=O) groups excluding carboxylic acids is 2. The fourth-order valence-corrected chi connectivity index (χ4v) is 4.53. The molecule has 0 saturated heterocycles. The molecule has 0 atom stereocenters. The predicted molar refractivity (Wildman–Crippen MR) is 126 cm³/mol. The Morgan fingerprint density at radius 2 is 0.939 bits per heavy atom. The summed E-state index contributed by atoms with van der Waals surface area (Å²) < 4.78 is 16.7. The molecule has 0 amide bonds. The lowest BCUT2D eigenvalue weighted by atomic mass is 9.76. The number of rotatable bonds is 6. The molecule has 0 spiro atoms. The lowest BCUT2D eigenvalue weighted by molar-refractivity contribution is -0.139. The third-order valence-electron chi connectivity index (χ3n) is 5.84. The van der Waals surface area contributed by atoms with Crippen molar-refractivity contribution < 1.29 is 23.8 Å². The molecule has 0 saturated carbocycles. The molecule has 3 aromatic carbocycles. The normalized spacial score (nSPS) is 14.9. The van der Waals surface area contributed by atoms with Gasteiger partial charge in [0.15, 0.2) is 0 Å². The highest BCUT2D eigenvalue weighted by Crippen LogP contribution is 2.58. The predicted octanol–water partition coefficient (Wildman–Crippen LogP) is 4.80. The molecule has 0 aliphatic heterocycles. The Morgan fingerprint density at radius 3 is 1.27 bits per heavy atom. The maximum Gasteiger partial charge on any atom is 0.339 e. The molecule has 0 unspecified atom stereocenters. The van der Waals surface area contributed by atoms with Crippen LogP contribution < -0.4 is 0 Å². The second kappa shape index (κ2) is 9.27. The fourth-order valence-electron chi connectivity index (χ4n) is 4.53. The second-order valence-electron chi connectivity index (χ2n) is 7.47. The van der Waals surface area contributed by atoms with Gasteiger partial charge in [-0.3, -0.25) is 0 Å². The van der Waals surface area contributed by atoms with Gasteiger partial charge in [0.05, 0.1) is 25.4 Å². The van der Waals surface area contributed by atoms with Crippen molar-refractivity contribution >= 4 is 23.1 Å². The number of benzene rings is 3. The molecule has 3 aromatic rings. The van der Waals surface area contributed by atoms with Gasteiger partial charge in [0.25, 0.3) is 0 Å². The average molecular weight is 440 g/mol. The number of hydrogen-bond donors (Lipinski definition) is 0. The lowest BCUT2D eigenvalue weighted by Gasteiger charge is -2.35. The van der Waals surface area contributed by atoms with Crippen LogP contribution in [0.5, 0.6) is 0 Å². The van der Waals surface area contributed by atoms with Gasteiger partial charge in [-0.05, 0) is 16.7 Å². The van der Waals surface area contributed by atoms with Crippen molar-refractivity contribution in [3.63, 3.8) is 0 Å². The molecule has 0 radical (unpaired) electrons. The Hall–Kier alpha value is -3.96. The number of carbonyl (C=O) groups is 2. The Labute approximate surface area is 192 Å². The molecule has 33 heavy (non-hydrogen) atoms. The quantitative estimate of drug-likeness (QED) is 0.516. The van der Waals surface area contributed by atoms with Gasteiger partial charge in [-0.25, -0.2) is 9.59 Å². The molecule has 166 valence electrons. The van der Waals surface area contributed by atoms with Crippen LogP contribution in [-0.2, 0) is 29.4 Å². The first-order chi connectivity index (χ1) is 16.1. The highest BCUT2D eigenvalue weighted by molar-refractivity contribution is 6.23. The summed E-state index contributed by atoms with van der Waals surface area (Å²) in [7, 11) is 4.17. The summed E-state index contributed by atoms with van der Waals surface area (Å²) in [5, 5.41) is 0. The number of methoxy groups -OCH3 is 3. The first kappa shape index (κ1) is 22.2. The third-order valence-corrected chi connectivity index (χ3v) is 5.84. The van der Waals surface area contributed by atoms with E-state index in [0.29, 0.717) is 11.1 Å². The summed E-state index contributed by atoms with van der Waals surface area (Å²) in [6, 6.07) is 28.4. The van der Waals surface area contributed by atoms with Crippen LogP contribution in [-0.4, -0.2) is 33.3 Å². The highest BCUT2D eigenvalue weighted by Gasteiger charge is 2.53. The van der Waals surface area contributed by atoms with E-state index in [1.54, 1.807) is 7.11 Å². The van der Waals surface area contributed by atoms with Crippen molar-refractivity contribution in [2.45, 2.75) is 5.60 Å². The fraction of sp³-hybridized carbons (Fsp3) is 0.143. The van der Waals surface area contributed by atoms with Gasteiger partial charge in [0, 0.05) is 18.3 Å². The van der Waals surface area contributed by atoms with Crippen molar-refractivity contribution in [3.8, 4) is 0 Å². The van der Waals surface area contributed by atoms with Gasteiger partial charge in [-0.2, -0.15) is 0 Å². The highest BCUT2D eigenvalue weighted by atomic mass is 16.5. The SMILES string of the molecule is COC(=O)C1=C(c2ccccc2)C(OC)(c2ccccc2)C(c2ccccc2)=C1C(=O)OC. The van der Waals surface area contributed by atoms with Crippen molar-refractivity contribution in [3.05, 3.63) is 119 Å². The first-order valence-electron chi connectivity index (χ1n) is 10.5. The van der Waals surface area contributed by atoms with Crippen LogP contribution in [0.15, 0.2) is 102 Å². The minimum Gasteiger partial charge on any atom is -0.465 e. The van der Waals surface area contributed by atoms with E-state index < -0.39 is 17.5 Å². The molecular formula is C28H24O5. The molecule has 4 rings (SSSR count). The molecule has 1 aliphatic carbocycles. The van der Waals surface area contributed by atoms with Crippen LogP contribution in [0.25, 0.3) is 11.1 Å². The van der Waals surface area contributed by atoms with Crippen molar-refractivity contribution in [2.75, 3.05) is 21.3 Å². The van der Waals surface area contributed by atoms with E-state index in [0.717, 1.165) is 16.7 Å². The zero-order valence-electron chi connectivity index (χ0n) is 18.7. The molecule has 0 bridgehead atoms. The van der Waals surface area contributed by atoms with Gasteiger partial charge in [0.2, 0.25) is 0 Å². The Morgan fingerprint density at radius 1 is 0.576 bits per heavy atom. The summed E-state index contributed by atoms with van der Waals surface area (Å²) in [5.41, 5.74) is 2.28. The summed E-state index contributed by atoms with van der Waals surface area (Å²) in [6.07, 6.45) is 0. The van der Waals surface area contributed by atoms with Crippen molar-refractivity contribution in [1.82, 2.24) is 0 Å². The van der Waals surface area contributed by atoms with Gasteiger partial charge in [0.1, 0.15) is 5.60 Å². The Kier molecular flexibility index (Phi) is 6.24. The third kappa shape index (κ3) is 3.56. The van der Waals surface area contributed by atoms with Gasteiger partial charge in [-0.15, -0.1) is 0 Å². The number of ether oxygens (including phenoxy) is 3. The van der Waals surface area contributed by atoms with Gasteiger partial charge < -0.3 is 14.2 Å². The summed E-state index contributed by atoms with van der Waals surface area (Å²) >= 11 is 0. The number of esters is 2. The summed E-state index contributed by atoms with van der Waals surface area (Å²) in [5.74, 6) is -1.28. The summed E-state index contributed by atoms with van der Waals surface area (Å²) in [6.45, 7) is 0. The maximum absolute atomic E-state index is 13.3. The molecule has 0 N–H and O–H groups in total. The van der Waals surface area contributed by atoms with E-state index in [-0.39, 0.29) is 11.1 Å². The van der Waals surface area contributed by atoms with E-state index in [4.69, 9.17) is 14.2 Å². The smallest absolute Gasteiger partial charge is 0.339 e.